The number of pyridine rings is 1. The molecule has 26 heavy (non-hydrogen) atoms. The van der Waals surface area contributed by atoms with E-state index in [1.54, 1.807) is 35.2 Å². The minimum Gasteiger partial charge on any atom is -0.393 e. The van der Waals surface area contributed by atoms with Gasteiger partial charge in [0, 0.05) is 31.2 Å². The van der Waals surface area contributed by atoms with Crippen molar-refractivity contribution in [3.63, 3.8) is 0 Å². The highest BCUT2D eigenvalue weighted by atomic mass is 32.2. The number of nitrogens with zero attached hydrogens (tertiary/aromatic N) is 2. The standard InChI is InChI=1S/C18H21N3O4S/c22-16-7-10-21(11-8-16)18(23)12-14-3-5-15(6-4-14)20-26(24,25)17-2-1-9-19-13-17/h1-6,9,13,16,20,22H,7-8,10-12H2. The Kier molecular flexibility index (Phi) is 5.53. The van der Waals surface area contributed by atoms with Gasteiger partial charge in [-0.05, 0) is 42.7 Å². The number of amides is 1. The number of hydrogen-bond donors (Lipinski definition) is 2. The first-order valence-electron chi connectivity index (χ1n) is 8.42. The molecule has 1 amide bonds. The molecular weight excluding hydrogens is 354 g/mol. The number of rotatable bonds is 5. The van der Waals surface area contributed by atoms with Crippen LogP contribution in [0.4, 0.5) is 5.69 Å². The van der Waals surface area contributed by atoms with E-state index in [0.29, 0.717) is 31.6 Å². The van der Waals surface area contributed by atoms with E-state index in [0.717, 1.165) is 5.56 Å². The molecule has 1 aromatic heterocycles. The van der Waals surface area contributed by atoms with Crippen molar-refractivity contribution in [2.45, 2.75) is 30.3 Å². The maximum Gasteiger partial charge on any atom is 0.263 e. The summed E-state index contributed by atoms with van der Waals surface area (Å²) >= 11 is 0. The molecule has 138 valence electrons. The predicted octanol–water partition coefficient (Wildman–Crippen LogP) is 1.41. The molecule has 0 radical (unpaired) electrons. The van der Waals surface area contributed by atoms with Gasteiger partial charge in [0.2, 0.25) is 5.91 Å². The zero-order valence-electron chi connectivity index (χ0n) is 14.2. The van der Waals surface area contributed by atoms with Crippen LogP contribution >= 0.6 is 0 Å². The summed E-state index contributed by atoms with van der Waals surface area (Å²) in [4.78, 5) is 18.0. The van der Waals surface area contributed by atoms with Crippen LogP contribution in [0.2, 0.25) is 0 Å². The lowest BCUT2D eigenvalue weighted by atomic mass is 10.1. The minimum absolute atomic E-state index is 0.0144. The first-order chi connectivity index (χ1) is 12.4. The second-order valence-corrected chi connectivity index (χ2v) is 7.96. The Bertz CT molecular complexity index is 846. The second-order valence-electron chi connectivity index (χ2n) is 6.28. The summed E-state index contributed by atoms with van der Waals surface area (Å²) in [5, 5.41) is 9.51. The Labute approximate surface area is 152 Å². The zero-order chi connectivity index (χ0) is 18.6. The van der Waals surface area contributed by atoms with Crippen molar-refractivity contribution in [3.8, 4) is 0 Å². The van der Waals surface area contributed by atoms with Crippen molar-refractivity contribution in [3.05, 3.63) is 54.4 Å². The fraction of sp³-hybridized carbons (Fsp3) is 0.333. The number of piperidine rings is 1. The molecule has 7 nitrogen and oxygen atoms in total. The Hall–Kier alpha value is -2.45. The number of carbonyl (C=O) groups is 1. The maximum absolute atomic E-state index is 12.3. The van der Waals surface area contributed by atoms with Crippen LogP contribution in [0.15, 0.2) is 53.7 Å². The van der Waals surface area contributed by atoms with E-state index >= 15 is 0 Å². The molecule has 0 unspecified atom stereocenters. The lowest BCUT2D eigenvalue weighted by Gasteiger charge is -2.29. The van der Waals surface area contributed by atoms with Gasteiger partial charge in [-0.1, -0.05) is 12.1 Å². The molecule has 2 N–H and O–H groups in total. The average molecular weight is 375 g/mol. The molecule has 0 bridgehead atoms. The van der Waals surface area contributed by atoms with E-state index in [1.807, 2.05) is 0 Å². The smallest absolute Gasteiger partial charge is 0.263 e. The average Bonchev–Trinajstić information content (AvgIpc) is 2.64. The molecule has 2 heterocycles. The quantitative estimate of drug-likeness (QED) is 0.823. The van der Waals surface area contributed by atoms with Crippen LogP contribution in [0.5, 0.6) is 0 Å². The lowest BCUT2D eigenvalue weighted by molar-refractivity contribution is -0.132. The van der Waals surface area contributed by atoms with Gasteiger partial charge < -0.3 is 10.0 Å². The van der Waals surface area contributed by atoms with Crippen LogP contribution < -0.4 is 4.72 Å². The van der Waals surface area contributed by atoms with Crippen molar-refractivity contribution >= 4 is 21.6 Å². The number of aromatic nitrogens is 1. The first kappa shape index (κ1) is 18.3. The summed E-state index contributed by atoms with van der Waals surface area (Å²) in [5.41, 5.74) is 1.23. The van der Waals surface area contributed by atoms with Crippen LogP contribution in [0.3, 0.4) is 0 Å². The summed E-state index contributed by atoms with van der Waals surface area (Å²) < 4.78 is 27.0. The molecule has 0 atom stereocenters. The number of aliphatic hydroxyl groups excluding tert-OH is 1. The second kappa shape index (κ2) is 7.84. The van der Waals surface area contributed by atoms with E-state index in [1.165, 1.54) is 18.5 Å². The summed E-state index contributed by atoms with van der Waals surface area (Å²) in [6.07, 6.45) is 3.96. The third kappa shape index (κ3) is 4.59. The van der Waals surface area contributed by atoms with Gasteiger partial charge in [-0.3, -0.25) is 14.5 Å². The SMILES string of the molecule is O=C(Cc1ccc(NS(=O)(=O)c2cccnc2)cc1)N1CCC(O)CC1. The molecule has 0 aliphatic carbocycles. The predicted molar refractivity (Wildman–Crippen MR) is 97.0 cm³/mol. The van der Waals surface area contributed by atoms with Gasteiger partial charge in [0.05, 0.1) is 12.5 Å². The fourth-order valence-electron chi connectivity index (χ4n) is 2.81. The first-order valence-corrected chi connectivity index (χ1v) is 9.90. The van der Waals surface area contributed by atoms with Crippen LogP contribution in [0.25, 0.3) is 0 Å². The third-order valence-electron chi connectivity index (χ3n) is 4.32. The number of anilines is 1. The van der Waals surface area contributed by atoms with Gasteiger partial charge in [-0.15, -0.1) is 0 Å². The fourth-order valence-corrected chi connectivity index (χ4v) is 3.83. The molecule has 1 aliphatic heterocycles. The largest absolute Gasteiger partial charge is 0.393 e. The van der Waals surface area contributed by atoms with Crippen LogP contribution in [0, 0.1) is 0 Å². The van der Waals surface area contributed by atoms with Crippen molar-refractivity contribution in [2.24, 2.45) is 0 Å². The van der Waals surface area contributed by atoms with Gasteiger partial charge >= 0.3 is 0 Å². The lowest BCUT2D eigenvalue weighted by Crippen LogP contribution is -2.40. The van der Waals surface area contributed by atoms with Gasteiger partial charge in [-0.25, -0.2) is 8.42 Å². The van der Waals surface area contributed by atoms with Gasteiger partial charge in [0.25, 0.3) is 10.0 Å². The van der Waals surface area contributed by atoms with Crippen LogP contribution in [0.1, 0.15) is 18.4 Å². The summed E-state index contributed by atoms with van der Waals surface area (Å²) in [7, 11) is -3.68. The molecule has 8 heteroatoms. The van der Waals surface area contributed by atoms with E-state index < -0.39 is 10.0 Å². The molecule has 0 spiro atoms. The highest BCUT2D eigenvalue weighted by molar-refractivity contribution is 7.92. The summed E-state index contributed by atoms with van der Waals surface area (Å²) in [6.45, 7) is 1.14. The number of hydrogen-bond acceptors (Lipinski definition) is 5. The Balaban J connectivity index is 1.61. The molecule has 1 saturated heterocycles. The molecule has 1 aliphatic rings. The molecule has 1 fully saturated rings. The van der Waals surface area contributed by atoms with Crippen molar-refractivity contribution < 1.29 is 18.3 Å². The number of aliphatic hydroxyl groups is 1. The number of benzene rings is 1. The third-order valence-corrected chi connectivity index (χ3v) is 5.69. The van der Waals surface area contributed by atoms with E-state index in [4.69, 9.17) is 0 Å². The minimum atomic E-state index is -3.68. The number of nitrogens with one attached hydrogen (secondary N) is 1. The zero-order valence-corrected chi connectivity index (χ0v) is 15.0. The highest BCUT2D eigenvalue weighted by Crippen LogP contribution is 2.17. The monoisotopic (exact) mass is 375 g/mol. The van der Waals surface area contributed by atoms with E-state index in [-0.39, 0.29) is 23.3 Å². The number of carbonyl (C=O) groups excluding carboxylic acids is 1. The normalized spacial score (nSPS) is 15.7. The Morgan fingerprint density at radius 3 is 2.50 bits per heavy atom. The van der Waals surface area contributed by atoms with Crippen molar-refractivity contribution in [1.29, 1.82) is 0 Å². The maximum atomic E-state index is 12.3. The van der Waals surface area contributed by atoms with Crippen LogP contribution in [-0.2, 0) is 21.2 Å². The highest BCUT2D eigenvalue weighted by Gasteiger charge is 2.21. The summed E-state index contributed by atoms with van der Waals surface area (Å²) in [6, 6.07) is 9.77. The topological polar surface area (TPSA) is 99.6 Å². The Morgan fingerprint density at radius 1 is 1.19 bits per heavy atom. The molecule has 2 aromatic rings. The van der Waals surface area contributed by atoms with Crippen molar-refractivity contribution in [2.75, 3.05) is 17.8 Å². The molecule has 3 rings (SSSR count). The molecule has 0 saturated carbocycles. The summed E-state index contributed by atoms with van der Waals surface area (Å²) in [5.74, 6) is 0.0144. The van der Waals surface area contributed by atoms with Crippen LogP contribution in [-0.4, -0.2) is 48.5 Å². The van der Waals surface area contributed by atoms with Gasteiger partial charge in [-0.2, -0.15) is 0 Å². The molecular formula is C18H21N3O4S. The van der Waals surface area contributed by atoms with E-state index in [2.05, 4.69) is 9.71 Å². The Morgan fingerprint density at radius 2 is 1.88 bits per heavy atom. The van der Waals surface area contributed by atoms with Gasteiger partial charge in [0.1, 0.15) is 4.90 Å². The molecule has 1 aromatic carbocycles. The number of sulfonamides is 1. The van der Waals surface area contributed by atoms with Crippen molar-refractivity contribution in [1.82, 2.24) is 9.88 Å². The van der Waals surface area contributed by atoms with Gasteiger partial charge in [0.15, 0.2) is 0 Å². The van der Waals surface area contributed by atoms with E-state index in [9.17, 15) is 18.3 Å². The number of likely N-dealkylation sites (tertiary alicyclic amines) is 1.